The highest BCUT2D eigenvalue weighted by atomic mass is 32.2. The van der Waals surface area contributed by atoms with Crippen molar-refractivity contribution in [1.29, 1.82) is 0 Å². The van der Waals surface area contributed by atoms with E-state index >= 15 is 0 Å². The Bertz CT molecular complexity index is 309. The molecule has 0 aliphatic carbocycles. The number of carbonyl (C=O) groups is 1. The Morgan fingerprint density at radius 1 is 1.27 bits per heavy atom. The zero-order valence-electron chi connectivity index (χ0n) is 16.2. The van der Waals surface area contributed by atoms with E-state index < -0.39 is 5.60 Å². The number of thioether (sulfide) groups is 1. The minimum atomic E-state index is -0.427. The standard InChI is InChI=1S/C11H19NO2S.C3H6.2C2H6/c1-8(2)9-12(6-7-15-9)10(13)14-11(3,4)5;1-3-2;2*1-2/h9H,1,6-7H2,2-5H3;3H,1H2,2H3;2*1-2H3/t9-;;;/m0.../s1. The van der Waals surface area contributed by atoms with Crippen LogP contribution in [0.15, 0.2) is 24.8 Å². The van der Waals surface area contributed by atoms with Crippen LogP contribution in [0.25, 0.3) is 0 Å². The minimum Gasteiger partial charge on any atom is -0.444 e. The normalized spacial score (nSPS) is 15.9. The highest BCUT2D eigenvalue weighted by Gasteiger charge is 2.32. The number of hydrogen-bond donors (Lipinski definition) is 0. The molecule has 0 N–H and O–H groups in total. The lowest BCUT2D eigenvalue weighted by atomic mass is 10.2. The summed E-state index contributed by atoms with van der Waals surface area (Å²) in [6.45, 7) is 25.5. The lowest BCUT2D eigenvalue weighted by molar-refractivity contribution is 0.0272. The molecule has 0 spiro atoms. The third-order valence-corrected chi connectivity index (χ3v) is 3.33. The predicted octanol–water partition coefficient (Wildman–Crippen LogP) is 6.12. The summed E-state index contributed by atoms with van der Waals surface area (Å²) in [7, 11) is 0. The Hall–Kier alpha value is -0.900. The molecule has 0 unspecified atom stereocenters. The van der Waals surface area contributed by atoms with Gasteiger partial charge in [-0.2, -0.15) is 0 Å². The number of carbonyl (C=O) groups excluding carboxylic acids is 1. The Morgan fingerprint density at radius 2 is 1.68 bits per heavy atom. The second kappa shape index (κ2) is 15.0. The number of nitrogens with zero attached hydrogens (tertiary/aromatic N) is 1. The second-order valence-corrected chi connectivity index (χ2v) is 6.34. The van der Waals surface area contributed by atoms with Crippen LogP contribution in [0.3, 0.4) is 0 Å². The van der Waals surface area contributed by atoms with Gasteiger partial charge < -0.3 is 4.74 Å². The van der Waals surface area contributed by atoms with Gasteiger partial charge in [0.2, 0.25) is 0 Å². The highest BCUT2D eigenvalue weighted by molar-refractivity contribution is 8.00. The van der Waals surface area contributed by atoms with E-state index in [-0.39, 0.29) is 11.5 Å². The quantitative estimate of drug-likeness (QED) is 0.542. The zero-order valence-corrected chi connectivity index (χ0v) is 17.0. The molecule has 1 saturated heterocycles. The molecule has 1 atom stereocenters. The van der Waals surface area contributed by atoms with Gasteiger partial charge in [0.1, 0.15) is 11.0 Å². The number of rotatable bonds is 1. The number of allylic oxidation sites excluding steroid dienone is 1. The molecule has 0 aromatic rings. The summed E-state index contributed by atoms with van der Waals surface area (Å²) in [6.07, 6.45) is 1.51. The van der Waals surface area contributed by atoms with E-state index in [4.69, 9.17) is 4.74 Å². The fourth-order valence-corrected chi connectivity index (χ4v) is 2.57. The highest BCUT2D eigenvalue weighted by Crippen LogP contribution is 2.29. The second-order valence-electron chi connectivity index (χ2n) is 5.15. The largest absolute Gasteiger partial charge is 0.444 e. The third kappa shape index (κ3) is 12.8. The van der Waals surface area contributed by atoms with Crippen LogP contribution < -0.4 is 0 Å². The molecule has 1 heterocycles. The van der Waals surface area contributed by atoms with Crippen molar-refractivity contribution in [3.05, 3.63) is 24.8 Å². The summed E-state index contributed by atoms with van der Waals surface area (Å²) in [4.78, 5) is 13.6. The monoisotopic (exact) mass is 331 g/mol. The average molecular weight is 332 g/mol. The number of hydrogen-bond acceptors (Lipinski definition) is 3. The Kier molecular flexibility index (Phi) is 17.8. The van der Waals surface area contributed by atoms with Gasteiger partial charge >= 0.3 is 6.09 Å². The summed E-state index contributed by atoms with van der Waals surface area (Å²) in [5, 5.41) is 0.0832. The third-order valence-electron chi connectivity index (χ3n) is 1.94. The lowest BCUT2D eigenvalue weighted by Gasteiger charge is -2.28. The van der Waals surface area contributed by atoms with E-state index in [9.17, 15) is 4.79 Å². The molecule has 0 aromatic carbocycles. The van der Waals surface area contributed by atoms with Crippen LogP contribution in [0, 0.1) is 0 Å². The van der Waals surface area contributed by atoms with Crippen LogP contribution in [0.4, 0.5) is 4.79 Å². The first kappa shape index (κ1) is 26.0. The summed E-state index contributed by atoms with van der Waals surface area (Å²) in [5.74, 6) is 0.955. The molecule has 0 radical (unpaired) electrons. The zero-order chi connectivity index (χ0) is 18.3. The first-order valence-electron chi connectivity index (χ1n) is 8.06. The summed E-state index contributed by atoms with van der Waals surface area (Å²) in [5.41, 5.74) is 0.576. The molecule has 22 heavy (non-hydrogen) atoms. The van der Waals surface area contributed by atoms with E-state index in [1.54, 1.807) is 22.7 Å². The summed E-state index contributed by atoms with van der Waals surface area (Å²) >= 11 is 1.74. The van der Waals surface area contributed by atoms with E-state index in [0.29, 0.717) is 0 Å². The SMILES string of the molecule is C=C(C)[C@@H]1SCCN1C(=O)OC(C)(C)C.C=CC.CC.CC. The first-order valence-corrected chi connectivity index (χ1v) is 9.11. The smallest absolute Gasteiger partial charge is 0.411 e. The lowest BCUT2D eigenvalue weighted by Crippen LogP contribution is -2.39. The molecule has 1 fully saturated rings. The molecule has 3 nitrogen and oxygen atoms in total. The van der Waals surface area contributed by atoms with E-state index in [1.807, 2.05) is 62.3 Å². The molecule has 1 amide bonds. The van der Waals surface area contributed by atoms with Gasteiger partial charge in [-0.25, -0.2) is 4.79 Å². The van der Waals surface area contributed by atoms with Gasteiger partial charge in [-0.1, -0.05) is 40.3 Å². The van der Waals surface area contributed by atoms with Crippen molar-refractivity contribution >= 4 is 17.9 Å². The van der Waals surface area contributed by atoms with Crippen LogP contribution in [0.2, 0.25) is 0 Å². The maximum atomic E-state index is 11.8. The van der Waals surface area contributed by atoms with Crippen molar-refractivity contribution < 1.29 is 9.53 Å². The predicted molar refractivity (Wildman–Crippen MR) is 103 cm³/mol. The molecule has 4 heteroatoms. The van der Waals surface area contributed by atoms with Crippen molar-refractivity contribution in [2.45, 2.75) is 73.3 Å². The molecule has 1 aliphatic heterocycles. The number of amides is 1. The Morgan fingerprint density at radius 3 is 2.00 bits per heavy atom. The Balaban J connectivity index is -0.000000446. The van der Waals surface area contributed by atoms with E-state index in [0.717, 1.165) is 17.9 Å². The molecule has 0 saturated carbocycles. The van der Waals surface area contributed by atoms with Crippen LogP contribution in [-0.2, 0) is 4.74 Å². The summed E-state index contributed by atoms with van der Waals surface area (Å²) in [6, 6.07) is 0. The molecule has 1 aliphatic rings. The van der Waals surface area contributed by atoms with Crippen molar-refractivity contribution in [1.82, 2.24) is 4.90 Å². The molecule has 132 valence electrons. The van der Waals surface area contributed by atoms with Gasteiger partial charge in [0.15, 0.2) is 0 Å². The molecular formula is C18H37NO2S. The summed E-state index contributed by atoms with van der Waals surface area (Å²) < 4.78 is 5.33. The minimum absolute atomic E-state index is 0.0832. The van der Waals surface area contributed by atoms with Gasteiger partial charge in [0.25, 0.3) is 0 Å². The van der Waals surface area contributed by atoms with Gasteiger partial charge in [0, 0.05) is 12.3 Å². The molecule has 1 rings (SSSR count). The molecule has 0 bridgehead atoms. The number of ether oxygens (including phenoxy) is 1. The maximum Gasteiger partial charge on any atom is 0.411 e. The van der Waals surface area contributed by atoms with Gasteiger partial charge in [-0.15, -0.1) is 18.3 Å². The maximum absolute atomic E-state index is 11.8. The van der Waals surface area contributed by atoms with Crippen LogP contribution >= 0.6 is 11.8 Å². The topological polar surface area (TPSA) is 29.5 Å². The van der Waals surface area contributed by atoms with Gasteiger partial charge in [-0.05, 0) is 40.2 Å². The van der Waals surface area contributed by atoms with Gasteiger partial charge in [0.05, 0.1) is 0 Å². The molecule has 0 aromatic heterocycles. The van der Waals surface area contributed by atoms with Crippen molar-refractivity contribution in [2.75, 3.05) is 12.3 Å². The van der Waals surface area contributed by atoms with Crippen molar-refractivity contribution in [3.63, 3.8) is 0 Å². The first-order chi connectivity index (χ1) is 10.2. The van der Waals surface area contributed by atoms with E-state index in [2.05, 4.69) is 13.2 Å². The van der Waals surface area contributed by atoms with Crippen LogP contribution in [0.5, 0.6) is 0 Å². The molecular weight excluding hydrogens is 294 g/mol. The van der Waals surface area contributed by atoms with Gasteiger partial charge in [-0.3, -0.25) is 4.90 Å². The average Bonchev–Trinajstić information content (AvgIpc) is 2.92. The fourth-order valence-electron chi connectivity index (χ4n) is 1.39. The van der Waals surface area contributed by atoms with Crippen LogP contribution in [-0.4, -0.2) is 34.3 Å². The van der Waals surface area contributed by atoms with E-state index in [1.165, 1.54) is 0 Å². The van der Waals surface area contributed by atoms with Crippen molar-refractivity contribution in [2.24, 2.45) is 0 Å². The van der Waals surface area contributed by atoms with Crippen molar-refractivity contribution in [3.8, 4) is 0 Å². The van der Waals surface area contributed by atoms with Crippen LogP contribution in [0.1, 0.15) is 62.3 Å². The fraction of sp³-hybridized carbons (Fsp3) is 0.722. The Labute approximate surface area is 143 Å².